The Kier molecular flexibility index (Phi) is 9.76. The van der Waals surface area contributed by atoms with E-state index in [9.17, 15) is 9.59 Å². The number of halogens is 1. The number of aromatic nitrogens is 3. The summed E-state index contributed by atoms with van der Waals surface area (Å²) in [5.74, 6) is 0.678. The van der Waals surface area contributed by atoms with E-state index in [1.807, 2.05) is 20.1 Å². The van der Waals surface area contributed by atoms with Crippen LogP contribution in [0.2, 0.25) is 0 Å². The molecule has 2 aliphatic rings. The Morgan fingerprint density at radius 3 is 2.42 bits per heavy atom. The maximum atomic E-state index is 15.5. The zero-order chi connectivity index (χ0) is 29.0. The summed E-state index contributed by atoms with van der Waals surface area (Å²) in [6, 6.07) is 2.43. The number of thioether (sulfide) groups is 1. The average molecular weight is 576 g/mol. The van der Waals surface area contributed by atoms with Crippen molar-refractivity contribution in [2.24, 2.45) is 17.8 Å². The van der Waals surface area contributed by atoms with Gasteiger partial charge < -0.3 is 20.1 Å². The van der Waals surface area contributed by atoms with Crippen LogP contribution in [0.25, 0.3) is 11.1 Å². The molecular weight excluding hydrogens is 533 g/mol. The van der Waals surface area contributed by atoms with Crippen molar-refractivity contribution in [1.82, 2.24) is 20.1 Å². The first-order valence-electron chi connectivity index (χ1n) is 14.1. The van der Waals surface area contributed by atoms with Gasteiger partial charge in [-0.3, -0.25) is 4.79 Å². The third kappa shape index (κ3) is 7.75. The number of aryl methyl sites for hydroxylation is 1. The van der Waals surface area contributed by atoms with Crippen LogP contribution in [0.1, 0.15) is 64.8 Å². The molecular formula is C29H42FN5O4S. The molecule has 2 aliphatic carbocycles. The van der Waals surface area contributed by atoms with E-state index in [0.29, 0.717) is 48.4 Å². The van der Waals surface area contributed by atoms with Crippen LogP contribution in [0.15, 0.2) is 12.1 Å². The van der Waals surface area contributed by atoms with Gasteiger partial charge in [0.2, 0.25) is 11.9 Å². The molecule has 2 aromatic heterocycles. The normalized spacial score (nSPS) is 16.2. The van der Waals surface area contributed by atoms with Crippen molar-refractivity contribution >= 4 is 29.6 Å². The van der Waals surface area contributed by atoms with Crippen LogP contribution < -0.4 is 10.6 Å². The van der Waals surface area contributed by atoms with Crippen molar-refractivity contribution in [3.8, 4) is 11.1 Å². The average Bonchev–Trinajstić information content (AvgIpc) is 3.80. The number of ether oxygens (including phenoxy) is 2. The molecule has 40 heavy (non-hydrogen) atoms. The topological polar surface area (TPSA) is 107 Å². The van der Waals surface area contributed by atoms with Crippen molar-refractivity contribution in [3.63, 3.8) is 0 Å². The molecule has 11 heteroatoms. The predicted molar refractivity (Wildman–Crippen MR) is 155 cm³/mol. The number of hydrogen-bond donors (Lipinski definition) is 2. The van der Waals surface area contributed by atoms with Crippen molar-refractivity contribution in [2.45, 2.75) is 85.1 Å². The molecule has 9 nitrogen and oxygen atoms in total. The van der Waals surface area contributed by atoms with Gasteiger partial charge in [0.25, 0.3) is 0 Å². The standard InChI is InChI=1S/C29H42FN5O4S/c1-7-21-23(17(2)34-35(21)16-38-14-15-40-6)20-12-13-22(31-26(20)30)32-27(36)25(33-28(37)39-29(3,4)5)24(18-8-9-18)19-10-11-19/h12-13,18-19,24-25H,7-11,14-16H2,1-6H3,(H,33,37)(H,31,32,36)/t25-/m0/s1. The first kappa shape index (κ1) is 30.3. The molecule has 0 aromatic carbocycles. The Morgan fingerprint density at radius 1 is 1.20 bits per heavy atom. The lowest BCUT2D eigenvalue weighted by molar-refractivity contribution is -0.120. The van der Waals surface area contributed by atoms with Crippen LogP contribution in [0.5, 0.6) is 0 Å². The smallest absolute Gasteiger partial charge is 0.408 e. The number of amides is 2. The van der Waals surface area contributed by atoms with Crippen LogP contribution in [0, 0.1) is 30.6 Å². The summed E-state index contributed by atoms with van der Waals surface area (Å²) >= 11 is 1.71. The quantitative estimate of drug-likeness (QED) is 0.238. The Morgan fingerprint density at radius 2 is 1.88 bits per heavy atom. The molecule has 1 atom stereocenters. The third-order valence-corrected chi connectivity index (χ3v) is 7.83. The highest BCUT2D eigenvalue weighted by Gasteiger charge is 2.48. The maximum Gasteiger partial charge on any atom is 0.408 e. The molecule has 0 aliphatic heterocycles. The number of rotatable bonds is 13. The van der Waals surface area contributed by atoms with E-state index < -0.39 is 29.6 Å². The predicted octanol–water partition coefficient (Wildman–Crippen LogP) is 5.56. The Balaban J connectivity index is 1.52. The first-order valence-corrected chi connectivity index (χ1v) is 15.5. The van der Waals surface area contributed by atoms with Crippen LogP contribution >= 0.6 is 11.8 Å². The highest BCUT2D eigenvalue weighted by atomic mass is 32.2. The molecule has 0 unspecified atom stereocenters. The molecule has 0 radical (unpaired) electrons. The van der Waals surface area contributed by atoms with Gasteiger partial charge in [-0.05, 0) is 95.9 Å². The minimum Gasteiger partial charge on any atom is -0.444 e. The van der Waals surface area contributed by atoms with Gasteiger partial charge in [-0.1, -0.05) is 6.92 Å². The van der Waals surface area contributed by atoms with Crippen molar-refractivity contribution in [3.05, 3.63) is 29.5 Å². The van der Waals surface area contributed by atoms with Crippen LogP contribution in [-0.4, -0.2) is 57.0 Å². The minimum atomic E-state index is -0.780. The summed E-state index contributed by atoms with van der Waals surface area (Å²) in [6.07, 6.45) is 6.19. The van der Waals surface area contributed by atoms with E-state index in [-0.39, 0.29) is 11.7 Å². The van der Waals surface area contributed by atoms with E-state index in [0.717, 1.165) is 37.1 Å². The number of alkyl carbamates (subject to hydrolysis) is 1. The van der Waals surface area contributed by atoms with Gasteiger partial charge in [0.1, 0.15) is 24.2 Å². The molecule has 2 amide bonds. The molecule has 0 spiro atoms. The summed E-state index contributed by atoms with van der Waals surface area (Å²) in [4.78, 5) is 30.3. The van der Waals surface area contributed by atoms with Gasteiger partial charge in [0.15, 0.2) is 0 Å². The third-order valence-electron chi connectivity index (χ3n) is 7.25. The van der Waals surface area contributed by atoms with Crippen molar-refractivity contribution in [1.29, 1.82) is 0 Å². The van der Waals surface area contributed by atoms with E-state index in [1.165, 1.54) is 0 Å². The van der Waals surface area contributed by atoms with Gasteiger partial charge >= 0.3 is 6.09 Å². The molecule has 0 saturated heterocycles. The van der Waals surface area contributed by atoms with Gasteiger partial charge in [0.05, 0.1) is 12.3 Å². The summed E-state index contributed by atoms with van der Waals surface area (Å²) in [5.41, 5.74) is 1.86. The fourth-order valence-electron chi connectivity index (χ4n) is 5.30. The molecule has 4 rings (SSSR count). The van der Waals surface area contributed by atoms with E-state index in [4.69, 9.17) is 9.47 Å². The first-order chi connectivity index (χ1) is 19.0. The van der Waals surface area contributed by atoms with Crippen molar-refractivity contribution < 1.29 is 23.5 Å². The lowest BCUT2D eigenvalue weighted by Crippen LogP contribution is -2.51. The summed E-state index contributed by atoms with van der Waals surface area (Å²) in [7, 11) is 0. The van der Waals surface area contributed by atoms with Crippen LogP contribution in [0.3, 0.4) is 0 Å². The second kappa shape index (κ2) is 12.9. The molecule has 2 aromatic rings. The lowest BCUT2D eigenvalue weighted by Gasteiger charge is -2.29. The fourth-order valence-corrected chi connectivity index (χ4v) is 5.58. The second-order valence-electron chi connectivity index (χ2n) is 11.7. The van der Waals surface area contributed by atoms with Gasteiger partial charge in [-0.25, -0.2) is 14.5 Å². The molecule has 2 fully saturated rings. The highest BCUT2D eigenvalue weighted by molar-refractivity contribution is 7.98. The highest BCUT2D eigenvalue weighted by Crippen LogP contribution is 2.51. The SMILES string of the molecule is CCc1c(-c2ccc(NC(=O)[C@@H](NC(=O)OC(C)(C)C)C(C3CC3)C3CC3)nc2F)c(C)nn1COCCSC. The van der Waals surface area contributed by atoms with E-state index in [2.05, 4.69) is 20.7 Å². The van der Waals surface area contributed by atoms with E-state index >= 15 is 4.39 Å². The number of carbonyl (C=O) groups excluding carboxylic acids is 2. The Hall–Kier alpha value is -2.66. The van der Waals surface area contributed by atoms with Gasteiger partial charge in [0, 0.05) is 22.6 Å². The molecule has 0 bridgehead atoms. The number of hydrogen-bond acceptors (Lipinski definition) is 7. The summed E-state index contributed by atoms with van der Waals surface area (Å²) < 4.78 is 28.4. The molecule has 2 saturated carbocycles. The fraction of sp³-hybridized carbons (Fsp3) is 0.655. The van der Waals surface area contributed by atoms with Crippen LogP contribution in [0.4, 0.5) is 15.0 Å². The maximum absolute atomic E-state index is 15.5. The van der Waals surface area contributed by atoms with Gasteiger partial charge in [-0.2, -0.15) is 21.3 Å². The minimum absolute atomic E-state index is 0.0235. The Bertz CT molecular complexity index is 1190. The monoisotopic (exact) mass is 575 g/mol. The largest absolute Gasteiger partial charge is 0.444 e. The van der Waals surface area contributed by atoms with Crippen molar-refractivity contribution in [2.75, 3.05) is 23.9 Å². The van der Waals surface area contributed by atoms with Gasteiger partial charge in [-0.15, -0.1) is 0 Å². The number of pyridine rings is 1. The number of nitrogens with one attached hydrogen (secondary N) is 2. The lowest BCUT2D eigenvalue weighted by atomic mass is 9.89. The second-order valence-corrected chi connectivity index (χ2v) is 12.7. The number of nitrogens with zero attached hydrogens (tertiary/aromatic N) is 3. The van der Waals surface area contributed by atoms with E-state index in [1.54, 1.807) is 49.3 Å². The molecule has 2 heterocycles. The number of anilines is 1. The Labute approximate surface area is 240 Å². The molecule has 220 valence electrons. The number of carbonyl (C=O) groups is 2. The zero-order valence-corrected chi connectivity index (χ0v) is 25.2. The summed E-state index contributed by atoms with van der Waals surface area (Å²) in [6.45, 7) is 10.1. The molecule has 2 N–H and O–H groups in total. The van der Waals surface area contributed by atoms with Crippen LogP contribution in [-0.2, 0) is 27.4 Å². The summed E-state index contributed by atoms with van der Waals surface area (Å²) in [5, 5.41) is 10.2. The zero-order valence-electron chi connectivity index (χ0n) is 24.4.